The Bertz CT molecular complexity index is 1400. The minimum atomic E-state index is -0.108. The maximum atomic E-state index is 11.2. The van der Waals surface area contributed by atoms with Gasteiger partial charge >= 0.3 is 0 Å². The molecule has 0 radical (unpaired) electrons. The fourth-order valence-electron chi connectivity index (χ4n) is 5.28. The number of hydrogen-bond donors (Lipinski definition) is 4. The molecule has 0 heterocycles. The first-order valence-corrected chi connectivity index (χ1v) is 16.4. The van der Waals surface area contributed by atoms with E-state index in [9.17, 15) is 4.79 Å². The molecule has 7 heteroatoms. The number of carbonyl (C=O) groups excluding carboxylic acids is 1. The molecule has 1 aliphatic rings. The lowest BCUT2D eigenvalue weighted by molar-refractivity contribution is -0.116. The van der Waals surface area contributed by atoms with Crippen molar-refractivity contribution >= 4 is 23.7 Å². The second-order valence-corrected chi connectivity index (χ2v) is 11.8. The van der Waals surface area contributed by atoms with Crippen LogP contribution in [-0.4, -0.2) is 31.1 Å². The van der Waals surface area contributed by atoms with Crippen molar-refractivity contribution in [1.29, 1.82) is 10.8 Å². The molecule has 45 heavy (non-hydrogen) atoms. The van der Waals surface area contributed by atoms with Crippen LogP contribution in [0.2, 0.25) is 0 Å². The first kappa shape index (κ1) is 33.5. The second kappa shape index (κ2) is 17.8. The summed E-state index contributed by atoms with van der Waals surface area (Å²) in [6, 6.07) is 22.0. The van der Waals surface area contributed by atoms with Crippen LogP contribution >= 0.6 is 0 Å². The van der Waals surface area contributed by atoms with Gasteiger partial charge in [-0.25, -0.2) is 0 Å². The predicted molar refractivity (Wildman–Crippen MR) is 184 cm³/mol. The maximum absolute atomic E-state index is 11.2. The smallest absolute Gasteiger partial charge is 0.243 e. The SMILES string of the molecule is C=CC(=O)NCCCCCCNc1ccc(C(Oc2ccc(C(=N)Oc3ccc(CCCCC)cc3C=N)cc2)C2CC2)cc1. The number of ether oxygens (including phenoxy) is 2. The topological polar surface area (TPSA) is 107 Å². The summed E-state index contributed by atoms with van der Waals surface area (Å²) in [6.45, 7) is 7.27. The van der Waals surface area contributed by atoms with Gasteiger partial charge in [0.15, 0.2) is 0 Å². The van der Waals surface area contributed by atoms with Gasteiger partial charge in [-0.05, 0) is 104 Å². The van der Waals surface area contributed by atoms with Gasteiger partial charge in [0.1, 0.15) is 17.6 Å². The first-order chi connectivity index (χ1) is 22.0. The van der Waals surface area contributed by atoms with E-state index >= 15 is 0 Å². The van der Waals surface area contributed by atoms with E-state index < -0.39 is 0 Å². The lowest BCUT2D eigenvalue weighted by atomic mass is 10.0. The number of hydrogen-bond acceptors (Lipinski definition) is 6. The highest BCUT2D eigenvalue weighted by Crippen LogP contribution is 2.44. The summed E-state index contributed by atoms with van der Waals surface area (Å²) in [5.74, 6) is 1.73. The van der Waals surface area contributed by atoms with E-state index in [0.717, 1.165) is 69.3 Å². The van der Waals surface area contributed by atoms with Gasteiger partial charge in [0.05, 0.1) is 0 Å². The molecule has 1 aliphatic carbocycles. The highest BCUT2D eigenvalue weighted by molar-refractivity contribution is 5.94. The van der Waals surface area contributed by atoms with Crippen LogP contribution in [0.1, 0.15) is 93.1 Å². The van der Waals surface area contributed by atoms with E-state index in [2.05, 4.69) is 48.4 Å². The predicted octanol–water partition coefficient (Wildman–Crippen LogP) is 8.63. The molecule has 0 aliphatic heterocycles. The van der Waals surface area contributed by atoms with Gasteiger partial charge in [0.2, 0.25) is 11.8 Å². The van der Waals surface area contributed by atoms with Gasteiger partial charge in [-0.2, -0.15) is 0 Å². The fourth-order valence-corrected chi connectivity index (χ4v) is 5.28. The Hall–Kier alpha value is -4.39. The third-order valence-electron chi connectivity index (χ3n) is 8.10. The fraction of sp³-hybridized carbons (Fsp3) is 0.395. The van der Waals surface area contributed by atoms with Gasteiger partial charge in [-0.15, -0.1) is 0 Å². The maximum Gasteiger partial charge on any atom is 0.243 e. The largest absolute Gasteiger partial charge is 0.485 e. The number of benzene rings is 3. The molecule has 1 saturated carbocycles. The molecule has 0 saturated heterocycles. The lowest BCUT2D eigenvalue weighted by Gasteiger charge is -2.20. The lowest BCUT2D eigenvalue weighted by Crippen LogP contribution is -2.21. The molecular weight excluding hydrogens is 560 g/mol. The van der Waals surface area contributed by atoms with Crippen molar-refractivity contribution in [1.82, 2.24) is 5.32 Å². The van der Waals surface area contributed by atoms with Gasteiger partial charge < -0.3 is 25.5 Å². The molecule has 4 rings (SSSR count). The van der Waals surface area contributed by atoms with Crippen LogP contribution in [-0.2, 0) is 11.2 Å². The molecule has 3 aromatic carbocycles. The van der Waals surface area contributed by atoms with Crippen molar-refractivity contribution < 1.29 is 14.3 Å². The minimum absolute atomic E-state index is 0.00632. The molecule has 0 aromatic heterocycles. The van der Waals surface area contributed by atoms with Crippen molar-refractivity contribution in [2.75, 3.05) is 18.4 Å². The Kier molecular flexibility index (Phi) is 13.2. The summed E-state index contributed by atoms with van der Waals surface area (Å²) >= 11 is 0. The third kappa shape index (κ3) is 10.9. The van der Waals surface area contributed by atoms with E-state index in [4.69, 9.17) is 20.3 Å². The summed E-state index contributed by atoms with van der Waals surface area (Å²) in [7, 11) is 0. The summed E-state index contributed by atoms with van der Waals surface area (Å²) in [6.07, 6.45) is 13.7. The zero-order valence-corrected chi connectivity index (χ0v) is 26.6. The molecule has 0 spiro atoms. The highest BCUT2D eigenvalue weighted by Gasteiger charge is 2.34. The van der Waals surface area contributed by atoms with Crippen LogP contribution < -0.4 is 20.1 Å². The average molecular weight is 609 g/mol. The van der Waals surface area contributed by atoms with E-state index in [1.54, 1.807) is 0 Å². The number of aryl methyl sites for hydroxylation is 1. The molecular formula is C38H48N4O3. The van der Waals surface area contributed by atoms with Crippen molar-refractivity contribution in [3.05, 3.63) is 102 Å². The summed E-state index contributed by atoms with van der Waals surface area (Å²) in [5, 5.41) is 22.7. The number of rotatable bonds is 20. The standard InChI is InChI=1S/C38H48N4O3/c1-3-5-8-11-28-12-23-35(32(26-28)27-39)45-38(40)31-17-21-34(22-18-31)44-37(29-13-14-29)30-15-19-33(20-16-30)41-24-9-6-7-10-25-42-36(43)4-2/h4,12,15-23,26-27,29,37,39-41H,2-3,5-11,13-14,24-25H2,1H3,(H,42,43). The van der Waals surface area contributed by atoms with Crippen molar-refractivity contribution in [2.24, 2.45) is 5.92 Å². The van der Waals surface area contributed by atoms with Crippen LogP contribution in [0, 0.1) is 16.7 Å². The number of amides is 1. The molecule has 238 valence electrons. The van der Waals surface area contributed by atoms with Crippen molar-refractivity contribution in [3.8, 4) is 11.5 Å². The Labute approximate surface area is 268 Å². The Balaban J connectivity index is 1.25. The molecule has 7 nitrogen and oxygen atoms in total. The van der Waals surface area contributed by atoms with Gasteiger partial charge in [0, 0.05) is 42.0 Å². The molecule has 0 bridgehead atoms. The number of carbonyl (C=O) groups is 1. The van der Waals surface area contributed by atoms with Crippen molar-refractivity contribution in [2.45, 2.75) is 77.2 Å². The number of unbranched alkanes of at least 4 members (excludes halogenated alkanes) is 5. The van der Waals surface area contributed by atoms with Crippen LogP contribution in [0.15, 0.2) is 79.4 Å². The summed E-state index contributed by atoms with van der Waals surface area (Å²) < 4.78 is 12.4. The molecule has 1 amide bonds. The van der Waals surface area contributed by atoms with E-state index in [1.165, 1.54) is 36.3 Å². The van der Waals surface area contributed by atoms with Gasteiger partial charge in [0.25, 0.3) is 0 Å². The third-order valence-corrected chi connectivity index (χ3v) is 8.10. The van der Waals surface area contributed by atoms with Crippen molar-refractivity contribution in [3.63, 3.8) is 0 Å². The zero-order valence-electron chi connectivity index (χ0n) is 26.6. The first-order valence-electron chi connectivity index (χ1n) is 16.4. The summed E-state index contributed by atoms with van der Waals surface area (Å²) in [4.78, 5) is 11.2. The highest BCUT2D eigenvalue weighted by atomic mass is 16.5. The normalized spacial score (nSPS) is 13.0. The second-order valence-electron chi connectivity index (χ2n) is 11.8. The zero-order chi connectivity index (χ0) is 31.9. The summed E-state index contributed by atoms with van der Waals surface area (Å²) in [5.41, 5.74) is 4.80. The quantitative estimate of drug-likeness (QED) is 0.0446. The average Bonchev–Trinajstić information content (AvgIpc) is 3.91. The van der Waals surface area contributed by atoms with Crippen LogP contribution in [0.4, 0.5) is 5.69 Å². The Morgan fingerprint density at radius 2 is 1.69 bits per heavy atom. The molecule has 4 N–H and O–H groups in total. The van der Waals surface area contributed by atoms with Crippen LogP contribution in [0.3, 0.4) is 0 Å². The monoisotopic (exact) mass is 608 g/mol. The molecule has 1 fully saturated rings. The van der Waals surface area contributed by atoms with Crippen LogP contribution in [0.25, 0.3) is 0 Å². The van der Waals surface area contributed by atoms with Crippen LogP contribution in [0.5, 0.6) is 11.5 Å². The molecule has 1 atom stereocenters. The van der Waals surface area contributed by atoms with Gasteiger partial charge in [-0.1, -0.05) is 57.4 Å². The Morgan fingerprint density at radius 3 is 2.36 bits per heavy atom. The van der Waals surface area contributed by atoms with E-state index in [-0.39, 0.29) is 17.9 Å². The minimum Gasteiger partial charge on any atom is -0.485 e. The van der Waals surface area contributed by atoms with Gasteiger partial charge in [-0.3, -0.25) is 10.2 Å². The number of anilines is 1. The molecule has 3 aromatic rings. The molecule has 1 unspecified atom stereocenters. The van der Waals surface area contributed by atoms with E-state index in [0.29, 0.717) is 29.3 Å². The van der Waals surface area contributed by atoms with E-state index in [1.807, 2.05) is 42.5 Å². The Morgan fingerprint density at radius 1 is 0.956 bits per heavy atom. The number of nitrogens with one attached hydrogen (secondary N) is 4.